The summed E-state index contributed by atoms with van der Waals surface area (Å²) in [4.78, 5) is 3.32. The van der Waals surface area contributed by atoms with Crippen LogP contribution in [0.2, 0.25) is 0 Å². The Morgan fingerprint density at radius 3 is 3.12 bits per heavy atom. The number of aryl methyl sites for hydroxylation is 1. The molecule has 1 saturated heterocycles. The molecule has 2 aromatic rings. The number of rotatable bonds is 1. The van der Waals surface area contributed by atoms with E-state index >= 15 is 0 Å². The minimum atomic E-state index is 0.566. The highest BCUT2D eigenvalue weighted by Crippen LogP contribution is 2.30. The molecule has 1 aromatic carbocycles. The third-order valence-corrected chi connectivity index (χ3v) is 4.87. The average Bonchev–Trinajstić information content (AvgIpc) is 2.65. The van der Waals surface area contributed by atoms with Gasteiger partial charge in [0, 0.05) is 11.8 Å². The zero-order valence-corrected chi connectivity index (χ0v) is 11.5. The fourth-order valence-electron chi connectivity index (χ4n) is 2.52. The van der Waals surface area contributed by atoms with E-state index in [9.17, 15) is 0 Å². The van der Waals surface area contributed by atoms with Crippen LogP contribution in [0.5, 0.6) is 0 Å². The van der Waals surface area contributed by atoms with Crippen molar-refractivity contribution in [1.29, 1.82) is 0 Å². The maximum Gasteiger partial charge on any atom is 0.178 e. The molecule has 2 nitrogen and oxygen atoms in total. The Morgan fingerprint density at radius 1 is 1.47 bits per heavy atom. The van der Waals surface area contributed by atoms with Crippen molar-refractivity contribution in [1.82, 2.24) is 9.55 Å². The second-order valence-corrected chi connectivity index (χ2v) is 6.23. The molecule has 1 N–H and O–H groups in total. The monoisotopic (exact) mass is 264 g/mol. The van der Waals surface area contributed by atoms with Gasteiger partial charge in [-0.1, -0.05) is 6.07 Å². The molecule has 1 aliphatic rings. The highest BCUT2D eigenvalue weighted by Gasteiger charge is 2.18. The molecule has 0 saturated carbocycles. The first-order valence-corrected chi connectivity index (χ1v) is 7.60. The minimum Gasteiger partial charge on any atom is -0.331 e. The lowest BCUT2D eigenvalue weighted by atomic mass is 10.1. The molecule has 1 atom stereocenters. The standard InChI is InChI=1S/C13H16N2S2/c1-9-4-5-11-12(7-9)15(13(16)14-11)10-3-2-6-17-8-10/h4-5,7,10H,2-3,6,8H2,1H3,(H,14,16). The van der Waals surface area contributed by atoms with Crippen LogP contribution < -0.4 is 0 Å². The first-order chi connectivity index (χ1) is 8.25. The molecule has 90 valence electrons. The summed E-state index contributed by atoms with van der Waals surface area (Å²) in [5.74, 6) is 2.49. The van der Waals surface area contributed by atoms with Crippen LogP contribution in [0, 0.1) is 11.7 Å². The molecule has 0 amide bonds. The Morgan fingerprint density at radius 2 is 2.35 bits per heavy atom. The van der Waals surface area contributed by atoms with E-state index < -0.39 is 0 Å². The molecule has 2 heterocycles. The molecule has 1 aromatic heterocycles. The highest BCUT2D eigenvalue weighted by molar-refractivity contribution is 7.99. The SMILES string of the molecule is Cc1ccc2[nH]c(=S)n(C3CCCSC3)c2c1. The summed E-state index contributed by atoms with van der Waals surface area (Å²) in [5.41, 5.74) is 3.72. The molecule has 1 fully saturated rings. The molecule has 0 bridgehead atoms. The van der Waals surface area contributed by atoms with Crippen LogP contribution in [0.25, 0.3) is 11.0 Å². The summed E-state index contributed by atoms with van der Waals surface area (Å²) in [7, 11) is 0. The van der Waals surface area contributed by atoms with Crippen LogP contribution in [-0.2, 0) is 0 Å². The van der Waals surface area contributed by atoms with E-state index in [0.717, 1.165) is 10.3 Å². The summed E-state index contributed by atoms with van der Waals surface area (Å²) in [6, 6.07) is 7.07. The predicted molar refractivity (Wildman–Crippen MR) is 77.5 cm³/mol. The van der Waals surface area contributed by atoms with Crippen LogP contribution in [0.4, 0.5) is 0 Å². The Labute approximate surface area is 110 Å². The number of nitrogens with one attached hydrogen (secondary N) is 1. The van der Waals surface area contributed by atoms with Gasteiger partial charge in [0.15, 0.2) is 4.77 Å². The number of hydrogen-bond acceptors (Lipinski definition) is 2. The minimum absolute atomic E-state index is 0.566. The lowest BCUT2D eigenvalue weighted by Crippen LogP contribution is -2.16. The van der Waals surface area contributed by atoms with Gasteiger partial charge in [-0.2, -0.15) is 11.8 Å². The highest BCUT2D eigenvalue weighted by atomic mass is 32.2. The average molecular weight is 264 g/mol. The van der Waals surface area contributed by atoms with Crippen molar-refractivity contribution >= 4 is 35.0 Å². The van der Waals surface area contributed by atoms with Crippen LogP contribution in [0.1, 0.15) is 24.4 Å². The van der Waals surface area contributed by atoms with Gasteiger partial charge in [-0.15, -0.1) is 0 Å². The van der Waals surface area contributed by atoms with Gasteiger partial charge in [0.1, 0.15) is 0 Å². The quantitative estimate of drug-likeness (QED) is 0.784. The van der Waals surface area contributed by atoms with E-state index in [1.807, 2.05) is 11.8 Å². The van der Waals surface area contributed by atoms with Gasteiger partial charge in [0.25, 0.3) is 0 Å². The zero-order valence-electron chi connectivity index (χ0n) is 9.90. The number of imidazole rings is 1. The fourth-order valence-corrected chi connectivity index (χ4v) is 4.00. The maximum atomic E-state index is 5.48. The van der Waals surface area contributed by atoms with Crippen LogP contribution in [0.3, 0.4) is 0 Å². The number of nitrogens with zero attached hydrogens (tertiary/aromatic N) is 1. The molecule has 3 rings (SSSR count). The largest absolute Gasteiger partial charge is 0.331 e. The number of aromatic nitrogens is 2. The lowest BCUT2D eigenvalue weighted by Gasteiger charge is -2.23. The van der Waals surface area contributed by atoms with Crippen molar-refractivity contribution in [2.75, 3.05) is 11.5 Å². The summed E-state index contributed by atoms with van der Waals surface area (Å²) in [6.07, 6.45) is 2.55. The Hall–Kier alpha value is -0.740. The maximum absolute atomic E-state index is 5.48. The molecule has 17 heavy (non-hydrogen) atoms. The number of thioether (sulfide) groups is 1. The van der Waals surface area contributed by atoms with Crippen molar-refractivity contribution in [2.24, 2.45) is 0 Å². The number of aromatic amines is 1. The number of fused-ring (bicyclic) bond motifs is 1. The van der Waals surface area contributed by atoms with Crippen molar-refractivity contribution < 1.29 is 0 Å². The van der Waals surface area contributed by atoms with Gasteiger partial charge in [-0.05, 0) is 55.4 Å². The molecule has 1 unspecified atom stereocenters. The Bertz CT molecular complexity index is 591. The third kappa shape index (κ3) is 2.04. The van der Waals surface area contributed by atoms with Gasteiger partial charge < -0.3 is 9.55 Å². The van der Waals surface area contributed by atoms with Gasteiger partial charge in [-0.25, -0.2) is 0 Å². The Balaban J connectivity index is 2.16. The van der Waals surface area contributed by atoms with E-state index in [-0.39, 0.29) is 0 Å². The van der Waals surface area contributed by atoms with Crippen LogP contribution >= 0.6 is 24.0 Å². The normalized spacial score (nSPS) is 20.9. The van der Waals surface area contributed by atoms with Gasteiger partial charge in [-0.3, -0.25) is 0 Å². The summed E-state index contributed by atoms with van der Waals surface area (Å²) >= 11 is 7.52. The summed E-state index contributed by atoms with van der Waals surface area (Å²) in [5, 5.41) is 0. The van der Waals surface area contributed by atoms with E-state index in [0.29, 0.717) is 6.04 Å². The van der Waals surface area contributed by atoms with E-state index in [1.165, 1.54) is 35.4 Å². The number of H-pyrrole nitrogens is 1. The first-order valence-electron chi connectivity index (χ1n) is 6.04. The molecular weight excluding hydrogens is 248 g/mol. The van der Waals surface area contributed by atoms with E-state index in [4.69, 9.17) is 12.2 Å². The van der Waals surface area contributed by atoms with Crippen molar-refractivity contribution in [3.05, 3.63) is 28.5 Å². The lowest BCUT2D eigenvalue weighted by molar-refractivity contribution is 0.506. The molecular formula is C13H16N2S2. The molecule has 0 radical (unpaired) electrons. The van der Waals surface area contributed by atoms with E-state index in [1.54, 1.807) is 0 Å². The molecule has 0 spiro atoms. The topological polar surface area (TPSA) is 20.7 Å². The predicted octanol–water partition coefficient (Wildman–Crippen LogP) is 4.08. The molecule has 0 aliphatic carbocycles. The van der Waals surface area contributed by atoms with Gasteiger partial charge in [0.05, 0.1) is 11.0 Å². The van der Waals surface area contributed by atoms with E-state index in [2.05, 4.69) is 34.7 Å². The van der Waals surface area contributed by atoms with Gasteiger partial charge in [0.2, 0.25) is 0 Å². The van der Waals surface area contributed by atoms with Crippen LogP contribution in [-0.4, -0.2) is 21.1 Å². The molecule has 1 aliphatic heterocycles. The van der Waals surface area contributed by atoms with Crippen LogP contribution in [0.15, 0.2) is 18.2 Å². The molecule has 4 heteroatoms. The smallest absolute Gasteiger partial charge is 0.178 e. The zero-order chi connectivity index (χ0) is 11.8. The van der Waals surface area contributed by atoms with Crippen molar-refractivity contribution in [3.63, 3.8) is 0 Å². The second kappa shape index (κ2) is 4.50. The summed E-state index contributed by atoms with van der Waals surface area (Å²) < 4.78 is 3.20. The Kier molecular flexibility index (Phi) is 3.01. The third-order valence-electron chi connectivity index (χ3n) is 3.37. The summed E-state index contributed by atoms with van der Waals surface area (Å²) in [6.45, 7) is 2.13. The first kappa shape index (κ1) is 11.4. The van der Waals surface area contributed by atoms with Crippen molar-refractivity contribution in [3.8, 4) is 0 Å². The van der Waals surface area contributed by atoms with Crippen molar-refractivity contribution in [2.45, 2.75) is 25.8 Å². The second-order valence-electron chi connectivity index (χ2n) is 4.69. The fraction of sp³-hybridized carbons (Fsp3) is 0.462. The van der Waals surface area contributed by atoms with Gasteiger partial charge >= 0.3 is 0 Å². The number of benzene rings is 1. The number of hydrogen-bond donors (Lipinski definition) is 1.